The first-order valence-corrected chi connectivity index (χ1v) is 11.1. The van der Waals surface area contributed by atoms with E-state index in [0.717, 1.165) is 32.1 Å². The van der Waals surface area contributed by atoms with Crippen LogP contribution in [0.5, 0.6) is 0 Å². The molecule has 0 bridgehead atoms. The van der Waals surface area contributed by atoms with Gasteiger partial charge in [0.2, 0.25) is 0 Å². The van der Waals surface area contributed by atoms with E-state index in [0.29, 0.717) is 5.92 Å². The maximum absolute atomic E-state index is 6.14. The van der Waals surface area contributed by atoms with Crippen LogP contribution in [0.1, 0.15) is 55.8 Å². The number of ether oxygens (including phenoxy) is 1. The fourth-order valence-corrected chi connectivity index (χ4v) is 4.30. The van der Waals surface area contributed by atoms with E-state index < -0.39 is 0 Å². The van der Waals surface area contributed by atoms with Crippen LogP contribution in [0, 0.1) is 12.8 Å². The van der Waals surface area contributed by atoms with Crippen molar-refractivity contribution in [2.45, 2.75) is 51.6 Å². The van der Waals surface area contributed by atoms with Gasteiger partial charge in [-0.05, 0) is 70.6 Å². The average Bonchev–Trinajstić information content (AvgIpc) is 3.24. The standard InChI is InChI=1S/C23H38N4O.HI/c1-19-9-11-20(12-10-19)22-21(8-7-17-28-22)18-26-23(24-2)25-13-3-4-14-27-15-5-6-16-27;/h9-12,21-22H,3-8,13-18H2,1-2H3,(H2,24,25,26);1H. The zero-order chi connectivity index (χ0) is 19.6. The summed E-state index contributed by atoms with van der Waals surface area (Å²) in [6.45, 7) is 8.70. The summed E-state index contributed by atoms with van der Waals surface area (Å²) in [4.78, 5) is 6.98. The molecule has 2 saturated heterocycles. The predicted octanol–water partition coefficient (Wildman–Crippen LogP) is 4.12. The highest BCUT2D eigenvalue weighted by Gasteiger charge is 2.27. The average molecular weight is 514 g/mol. The molecule has 2 aliphatic heterocycles. The van der Waals surface area contributed by atoms with Gasteiger partial charge in [0.25, 0.3) is 0 Å². The Kier molecular flexibility index (Phi) is 11.3. The zero-order valence-electron chi connectivity index (χ0n) is 18.2. The Hall–Kier alpha value is -0.860. The number of hydrogen-bond acceptors (Lipinski definition) is 3. The molecule has 6 heteroatoms. The first-order chi connectivity index (χ1) is 13.8. The van der Waals surface area contributed by atoms with Gasteiger partial charge in [-0.2, -0.15) is 0 Å². The highest BCUT2D eigenvalue weighted by atomic mass is 127. The van der Waals surface area contributed by atoms with Crippen molar-refractivity contribution in [3.63, 3.8) is 0 Å². The van der Waals surface area contributed by atoms with Crippen LogP contribution >= 0.6 is 24.0 Å². The number of aryl methyl sites for hydroxylation is 1. The SMILES string of the molecule is CN=C(NCCCCN1CCCC1)NCC1CCCOC1c1ccc(C)cc1.I. The number of guanidine groups is 1. The molecule has 0 spiro atoms. The first kappa shape index (κ1) is 24.4. The van der Waals surface area contributed by atoms with Crippen molar-refractivity contribution in [2.75, 3.05) is 46.4 Å². The van der Waals surface area contributed by atoms with E-state index in [4.69, 9.17) is 4.74 Å². The molecular formula is C23H39IN4O. The van der Waals surface area contributed by atoms with E-state index in [1.807, 2.05) is 7.05 Å². The van der Waals surface area contributed by atoms with E-state index in [1.165, 1.54) is 62.9 Å². The molecule has 3 rings (SSSR count). The van der Waals surface area contributed by atoms with Crippen LogP contribution in [0.2, 0.25) is 0 Å². The lowest BCUT2D eigenvalue weighted by Crippen LogP contribution is -2.42. The number of hydrogen-bond donors (Lipinski definition) is 2. The summed E-state index contributed by atoms with van der Waals surface area (Å²) >= 11 is 0. The Morgan fingerprint density at radius 2 is 1.86 bits per heavy atom. The van der Waals surface area contributed by atoms with Crippen molar-refractivity contribution in [1.82, 2.24) is 15.5 Å². The molecule has 2 aliphatic rings. The summed E-state index contributed by atoms with van der Waals surface area (Å²) < 4.78 is 6.14. The van der Waals surface area contributed by atoms with E-state index in [1.54, 1.807) is 0 Å². The van der Waals surface area contributed by atoms with Crippen molar-refractivity contribution in [3.05, 3.63) is 35.4 Å². The van der Waals surface area contributed by atoms with Crippen molar-refractivity contribution < 1.29 is 4.74 Å². The van der Waals surface area contributed by atoms with Crippen LogP contribution in [-0.4, -0.2) is 57.2 Å². The fraction of sp³-hybridized carbons (Fsp3) is 0.696. The fourth-order valence-electron chi connectivity index (χ4n) is 4.30. The summed E-state index contributed by atoms with van der Waals surface area (Å²) in [7, 11) is 1.86. The molecule has 1 aromatic rings. The van der Waals surface area contributed by atoms with Crippen LogP contribution in [0.3, 0.4) is 0 Å². The summed E-state index contributed by atoms with van der Waals surface area (Å²) in [6.07, 6.45) is 7.72. The maximum Gasteiger partial charge on any atom is 0.190 e. The number of unbranched alkanes of at least 4 members (excludes halogenated alkanes) is 1. The molecule has 2 atom stereocenters. The normalized spacial score (nSPS) is 22.9. The van der Waals surface area contributed by atoms with E-state index >= 15 is 0 Å². The van der Waals surface area contributed by atoms with Crippen LogP contribution in [0.25, 0.3) is 0 Å². The number of rotatable bonds is 8. The minimum atomic E-state index is 0. The molecule has 0 saturated carbocycles. The van der Waals surface area contributed by atoms with Crippen molar-refractivity contribution in [1.29, 1.82) is 0 Å². The molecule has 0 radical (unpaired) electrons. The third kappa shape index (κ3) is 8.06. The molecule has 2 N–H and O–H groups in total. The van der Waals surface area contributed by atoms with Crippen molar-refractivity contribution in [2.24, 2.45) is 10.9 Å². The highest BCUT2D eigenvalue weighted by Crippen LogP contribution is 2.33. The number of likely N-dealkylation sites (tertiary alicyclic amines) is 1. The second kappa shape index (κ2) is 13.4. The molecule has 0 aliphatic carbocycles. The van der Waals surface area contributed by atoms with Gasteiger partial charge in [0.1, 0.15) is 0 Å². The number of aliphatic imine (C=N–C) groups is 1. The topological polar surface area (TPSA) is 48.9 Å². The van der Waals surface area contributed by atoms with Gasteiger partial charge in [0.05, 0.1) is 6.10 Å². The zero-order valence-corrected chi connectivity index (χ0v) is 20.5. The second-order valence-corrected chi connectivity index (χ2v) is 8.24. The van der Waals surface area contributed by atoms with Crippen LogP contribution in [0.4, 0.5) is 0 Å². The lowest BCUT2D eigenvalue weighted by Gasteiger charge is -2.32. The molecule has 164 valence electrons. The molecule has 0 aromatic heterocycles. The molecule has 0 amide bonds. The third-order valence-electron chi connectivity index (χ3n) is 6.00. The lowest BCUT2D eigenvalue weighted by atomic mass is 9.89. The van der Waals surface area contributed by atoms with Gasteiger partial charge >= 0.3 is 0 Å². The quantitative estimate of drug-likeness (QED) is 0.237. The predicted molar refractivity (Wildman–Crippen MR) is 132 cm³/mol. The number of nitrogens with zero attached hydrogens (tertiary/aromatic N) is 2. The maximum atomic E-state index is 6.14. The largest absolute Gasteiger partial charge is 0.373 e. The highest BCUT2D eigenvalue weighted by molar-refractivity contribution is 14.0. The summed E-state index contributed by atoms with van der Waals surface area (Å²) in [5.41, 5.74) is 2.59. The van der Waals surface area contributed by atoms with Crippen LogP contribution in [0.15, 0.2) is 29.3 Å². The van der Waals surface area contributed by atoms with Gasteiger partial charge < -0.3 is 20.3 Å². The molecule has 2 heterocycles. The van der Waals surface area contributed by atoms with Gasteiger partial charge in [-0.15, -0.1) is 24.0 Å². The van der Waals surface area contributed by atoms with Gasteiger partial charge in [0, 0.05) is 32.7 Å². The minimum Gasteiger partial charge on any atom is -0.373 e. The van der Waals surface area contributed by atoms with Gasteiger partial charge in [-0.1, -0.05) is 29.8 Å². The first-order valence-electron chi connectivity index (χ1n) is 11.1. The monoisotopic (exact) mass is 514 g/mol. The van der Waals surface area contributed by atoms with E-state index in [-0.39, 0.29) is 30.1 Å². The van der Waals surface area contributed by atoms with Crippen molar-refractivity contribution in [3.8, 4) is 0 Å². The summed E-state index contributed by atoms with van der Waals surface area (Å²) in [6, 6.07) is 8.79. The Bertz CT molecular complexity index is 601. The van der Waals surface area contributed by atoms with E-state index in [9.17, 15) is 0 Å². The molecule has 1 aromatic carbocycles. The number of halogens is 1. The van der Waals surface area contributed by atoms with E-state index in [2.05, 4.69) is 51.7 Å². The molecule has 2 unspecified atom stereocenters. The minimum absolute atomic E-state index is 0. The van der Waals surface area contributed by atoms with Crippen LogP contribution in [-0.2, 0) is 4.74 Å². The van der Waals surface area contributed by atoms with Gasteiger partial charge in [0.15, 0.2) is 5.96 Å². The number of benzene rings is 1. The Balaban J connectivity index is 0.00000300. The van der Waals surface area contributed by atoms with Gasteiger partial charge in [-0.3, -0.25) is 4.99 Å². The Morgan fingerprint density at radius 3 is 2.59 bits per heavy atom. The van der Waals surface area contributed by atoms with Crippen molar-refractivity contribution >= 4 is 29.9 Å². The lowest BCUT2D eigenvalue weighted by molar-refractivity contribution is -0.0265. The molecule has 5 nitrogen and oxygen atoms in total. The van der Waals surface area contributed by atoms with Crippen LogP contribution < -0.4 is 10.6 Å². The smallest absolute Gasteiger partial charge is 0.190 e. The summed E-state index contributed by atoms with van der Waals surface area (Å²) in [5.74, 6) is 1.39. The number of nitrogens with one attached hydrogen (secondary N) is 2. The molecule has 29 heavy (non-hydrogen) atoms. The molecule has 2 fully saturated rings. The Morgan fingerprint density at radius 1 is 1.10 bits per heavy atom. The molecular weight excluding hydrogens is 475 g/mol. The second-order valence-electron chi connectivity index (χ2n) is 8.24. The third-order valence-corrected chi connectivity index (χ3v) is 6.00. The Labute approximate surface area is 194 Å². The summed E-state index contributed by atoms with van der Waals surface area (Å²) in [5, 5.41) is 7.01. The van der Waals surface area contributed by atoms with Gasteiger partial charge in [-0.25, -0.2) is 0 Å².